The first-order valence-electron chi connectivity index (χ1n) is 21.7. The zero-order valence-corrected chi connectivity index (χ0v) is 37.3. The molecule has 8 rings (SSSR count). The number of carbonyl (C=O) groups is 4. The number of amides is 4. The molecule has 0 aromatic heterocycles. The Morgan fingerprint density at radius 2 is 1.18 bits per heavy atom. The fourth-order valence-corrected chi connectivity index (χ4v) is 8.03. The summed E-state index contributed by atoms with van der Waals surface area (Å²) in [6, 6.07) is 20.4. The van der Waals surface area contributed by atoms with Crippen LogP contribution in [0.3, 0.4) is 0 Å². The van der Waals surface area contributed by atoms with Crippen LogP contribution in [0.5, 0.6) is 23.0 Å². The molecule has 4 atom stereocenters. The number of anilines is 1. The lowest BCUT2D eigenvalue weighted by Crippen LogP contribution is -2.50. The lowest BCUT2D eigenvalue weighted by atomic mass is 10.0. The third-order valence-corrected chi connectivity index (χ3v) is 12.0. The van der Waals surface area contributed by atoms with E-state index in [2.05, 4.69) is 41.8 Å². The molecule has 4 amide bonds. The molecule has 0 spiro atoms. The van der Waals surface area contributed by atoms with Crippen molar-refractivity contribution < 1.29 is 38.1 Å². The van der Waals surface area contributed by atoms with Crippen LogP contribution in [-0.2, 0) is 9.59 Å². The Hall–Kier alpha value is -7.26. The van der Waals surface area contributed by atoms with Gasteiger partial charge in [-0.25, -0.2) is 0 Å². The van der Waals surface area contributed by atoms with E-state index < -0.39 is 12.1 Å². The van der Waals surface area contributed by atoms with Crippen molar-refractivity contribution in [3.05, 3.63) is 113 Å². The van der Waals surface area contributed by atoms with Crippen LogP contribution in [0.15, 0.2) is 95.2 Å². The van der Waals surface area contributed by atoms with Gasteiger partial charge >= 0.3 is 0 Å². The van der Waals surface area contributed by atoms with Crippen molar-refractivity contribution in [3.8, 4) is 23.0 Å². The Morgan fingerprint density at radius 3 is 1.65 bits per heavy atom. The largest absolute Gasteiger partial charge is 0.493 e. The summed E-state index contributed by atoms with van der Waals surface area (Å²) in [4.78, 5) is 65.7. The number of nitrogens with one attached hydrogen (secondary N) is 2. The van der Waals surface area contributed by atoms with Gasteiger partial charge in [0.1, 0.15) is 6.04 Å². The van der Waals surface area contributed by atoms with E-state index in [4.69, 9.17) is 34.7 Å². The van der Waals surface area contributed by atoms with E-state index >= 15 is 0 Å². The highest BCUT2D eigenvalue weighted by Crippen LogP contribution is 2.42. The molecular weight excluding hydrogens is 827 g/mol. The Labute approximate surface area is 378 Å². The van der Waals surface area contributed by atoms with Crippen molar-refractivity contribution in [2.75, 3.05) is 32.8 Å². The molecular formula is C50H53N7O8. The standard InChI is InChI=1S/C50H53N7O8/c1-28(2)46(51)48(59)54-30(4)47(58)55-35-14-12-32(13-15-35)34-19-37-25-53-41-23-45(43(63-6)21-39(41)50(61)57(37)27-34)65-17-7-16-64-44-22-40-38(20-42(44)62-5)49(60)56-26-33(18-36(56)24-52-40)31-10-8-29(3)9-11-31/h8-15,20-28,30,36-37,46H,7,16-19,51H2,1-6H3,(H,54,59)(H,55,58)/t30?,36-,37-,46?/m0/s1. The zero-order chi connectivity index (χ0) is 45.9. The summed E-state index contributed by atoms with van der Waals surface area (Å²) in [6.07, 6.45) is 9.04. The smallest absolute Gasteiger partial charge is 0.260 e. The third-order valence-electron chi connectivity index (χ3n) is 12.0. The van der Waals surface area contributed by atoms with Crippen LogP contribution in [-0.4, -0.2) is 97.5 Å². The number of nitrogens with two attached hydrogens (primary N) is 1. The molecule has 0 aliphatic carbocycles. The number of ether oxygens (including phenoxy) is 4. The predicted octanol–water partition coefficient (Wildman–Crippen LogP) is 7.23. The van der Waals surface area contributed by atoms with Gasteiger partial charge in [-0.05, 0) is 66.3 Å². The number of hydrogen-bond acceptors (Lipinski definition) is 11. The molecule has 65 heavy (non-hydrogen) atoms. The minimum Gasteiger partial charge on any atom is -0.493 e. The van der Waals surface area contributed by atoms with Gasteiger partial charge in [0.15, 0.2) is 23.0 Å². The third kappa shape index (κ3) is 9.36. The van der Waals surface area contributed by atoms with Crippen LogP contribution in [0.1, 0.15) is 77.4 Å². The highest BCUT2D eigenvalue weighted by molar-refractivity contribution is 6.06. The summed E-state index contributed by atoms with van der Waals surface area (Å²) in [5.74, 6) is 0.531. The highest BCUT2D eigenvalue weighted by Gasteiger charge is 2.35. The van der Waals surface area contributed by atoms with Crippen molar-refractivity contribution in [2.45, 2.75) is 71.1 Å². The number of aliphatic imine (C=N–C) groups is 2. The van der Waals surface area contributed by atoms with E-state index in [0.29, 0.717) is 70.4 Å². The van der Waals surface area contributed by atoms with Gasteiger partial charge in [0.2, 0.25) is 11.8 Å². The molecule has 4 N–H and O–H groups in total. The number of fused-ring (bicyclic) bond motifs is 4. The quantitative estimate of drug-likeness (QED) is 0.104. The molecule has 0 bridgehead atoms. The first kappa shape index (κ1) is 44.4. The van der Waals surface area contributed by atoms with Gasteiger partial charge < -0.3 is 45.1 Å². The summed E-state index contributed by atoms with van der Waals surface area (Å²) in [7, 11) is 3.06. The van der Waals surface area contributed by atoms with Gasteiger partial charge in [0.25, 0.3) is 11.8 Å². The van der Waals surface area contributed by atoms with Crippen molar-refractivity contribution in [2.24, 2.45) is 21.6 Å². The molecule has 2 unspecified atom stereocenters. The van der Waals surface area contributed by atoms with Crippen molar-refractivity contribution >= 4 is 64.3 Å². The number of hydrogen-bond donors (Lipinski definition) is 3. The molecule has 0 radical (unpaired) electrons. The Morgan fingerprint density at radius 1 is 0.708 bits per heavy atom. The maximum Gasteiger partial charge on any atom is 0.260 e. The molecule has 4 heterocycles. The fraction of sp³-hybridized carbons (Fsp3) is 0.320. The monoisotopic (exact) mass is 879 g/mol. The Bertz CT molecular complexity index is 2640. The average molecular weight is 880 g/mol. The molecule has 4 aromatic rings. The molecule has 0 fully saturated rings. The van der Waals surface area contributed by atoms with Crippen LogP contribution in [0, 0.1) is 12.8 Å². The highest BCUT2D eigenvalue weighted by atomic mass is 16.5. The summed E-state index contributed by atoms with van der Waals surface area (Å²) in [5.41, 5.74) is 13.4. The van der Waals surface area contributed by atoms with Crippen molar-refractivity contribution in [1.82, 2.24) is 15.1 Å². The second-order valence-electron chi connectivity index (χ2n) is 16.9. The molecule has 0 saturated heterocycles. The van der Waals surface area contributed by atoms with Crippen molar-refractivity contribution in [1.29, 1.82) is 0 Å². The van der Waals surface area contributed by atoms with Crippen LogP contribution < -0.4 is 35.3 Å². The fourth-order valence-electron chi connectivity index (χ4n) is 8.03. The number of carbonyl (C=O) groups excluding carboxylic acids is 4. The van der Waals surface area contributed by atoms with Gasteiger partial charge in [-0.2, -0.15) is 0 Å². The number of nitrogens with zero attached hydrogens (tertiary/aromatic N) is 4. The maximum absolute atomic E-state index is 14.0. The second-order valence-corrected chi connectivity index (χ2v) is 16.9. The second kappa shape index (κ2) is 18.8. The summed E-state index contributed by atoms with van der Waals surface area (Å²) < 4.78 is 23.6. The van der Waals surface area contributed by atoms with Gasteiger partial charge in [0, 0.05) is 61.9 Å². The maximum atomic E-state index is 14.0. The minimum absolute atomic E-state index is 0.0583. The molecule has 4 aliphatic rings. The molecule has 4 aromatic carbocycles. The van der Waals surface area contributed by atoms with Gasteiger partial charge in [-0.1, -0.05) is 55.8 Å². The summed E-state index contributed by atoms with van der Waals surface area (Å²) in [5, 5.41) is 5.49. The summed E-state index contributed by atoms with van der Waals surface area (Å²) >= 11 is 0. The van der Waals surface area contributed by atoms with Crippen LogP contribution in [0.25, 0.3) is 11.1 Å². The van der Waals surface area contributed by atoms with Crippen LogP contribution in [0.4, 0.5) is 17.1 Å². The zero-order valence-electron chi connectivity index (χ0n) is 37.3. The molecule has 15 nitrogen and oxygen atoms in total. The first-order valence-corrected chi connectivity index (χ1v) is 21.7. The van der Waals surface area contributed by atoms with Gasteiger partial charge in [-0.3, -0.25) is 29.2 Å². The van der Waals surface area contributed by atoms with Crippen LogP contribution in [0.2, 0.25) is 0 Å². The normalized spacial score (nSPS) is 18.0. The SMILES string of the molecule is COc1cc2c(cc1OCCCOc1cc3c(cc1OC)C(=O)N1C=C(c4ccc(NC(=O)C(C)NC(=O)C(N)C(C)C)cc4)C[C@H]1C=N3)N=C[C@@H]1CC(c3ccc(C)cc3)=CN1C2=O. The number of aryl methyl sites for hydroxylation is 1. The van der Waals surface area contributed by atoms with E-state index in [9.17, 15) is 19.2 Å². The molecule has 4 aliphatic heterocycles. The number of rotatable bonds is 15. The van der Waals surface area contributed by atoms with E-state index in [1.807, 2.05) is 44.6 Å². The number of methoxy groups -OCH3 is 2. The summed E-state index contributed by atoms with van der Waals surface area (Å²) in [6.45, 7) is 7.90. The van der Waals surface area contributed by atoms with E-state index in [0.717, 1.165) is 22.3 Å². The topological polar surface area (TPSA) is 186 Å². The molecule has 336 valence electrons. The van der Waals surface area contributed by atoms with E-state index in [1.54, 1.807) is 59.3 Å². The number of benzene rings is 4. The lowest BCUT2D eigenvalue weighted by Gasteiger charge is -2.19. The molecule has 15 heteroatoms. The van der Waals surface area contributed by atoms with Gasteiger partial charge in [0.05, 0.1) is 68.1 Å². The Balaban J connectivity index is 0.864. The first-order chi connectivity index (χ1) is 31.3. The van der Waals surface area contributed by atoms with Gasteiger partial charge in [-0.15, -0.1) is 0 Å². The van der Waals surface area contributed by atoms with Crippen molar-refractivity contribution in [3.63, 3.8) is 0 Å². The minimum atomic E-state index is -0.775. The molecule has 0 saturated carbocycles. The van der Waals surface area contributed by atoms with E-state index in [-0.39, 0.29) is 54.8 Å². The average Bonchev–Trinajstić information content (AvgIpc) is 3.88. The predicted molar refractivity (Wildman–Crippen MR) is 250 cm³/mol. The lowest BCUT2D eigenvalue weighted by molar-refractivity contribution is -0.127. The Kier molecular flexibility index (Phi) is 12.9. The van der Waals surface area contributed by atoms with E-state index in [1.165, 1.54) is 19.8 Å². The van der Waals surface area contributed by atoms with Crippen LogP contribution >= 0.6 is 0 Å².